The molecule has 1 heterocycles. The molecule has 92 valence electrons. The minimum absolute atomic E-state index is 0.140. The van der Waals surface area contributed by atoms with Gasteiger partial charge in [-0.15, -0.1) is 0 Å². The molecule has 1 unspecified atom stereocenters. The largest absolute Gasteiger partial charge is 0.481 e. The summed E-state index contributed by atoms with van der Waals surface area (Å²) >= 11 is 5.95. The number of fused-ring (bicyclic) bond motifs is 1. The van der Waals surface area contributed by atoms with Crippen LogP contribution in [-0.2, 0) is 16.1 Å². The van der Waals surface area contributed by atoms with Crippen LogP contribution in [0, 0.1) is 0 Å². The molecule has 0 aromatic heterocycles. The second-order valence-corrected chi connectivity index (χ2v) is 4.23. The van der Waals surface area contributed by atoms with Crippen LogP contribution in [-0.4, -0.2) is 17.9 Å². The van der Waals surface area contributed by atoms with Gasteiger partial charge in [0.1, 0.15) is 5.75 Å². The van der Waals surface area contributed by atoms with E-state index in [0.29, 0.717) is 22.9 Å². The van der Waals surface area contributed by atoms with Crippen LogP contribution in [0.5, 0.6) is 5.75 Å². The first kappa shape index (κ1) is 12.2. The van der Waals surface area contributed by atoms with Gasteiger partial charge in [-0.25, -0.2) is 0 Å². The molecule has 1 aromatic carbocycles. The number of carbonyl (C=O) groups is 1. The fraction of sp³-hybridized carbons (Fsp3) is 0.364. The summed E-state index contributed by atoms with van der Waals surface area (Å²) in [6.45, 7) is 0.532. The van der Waals surface area contributed by atoms with Gasteiger partial charge in [-0.3, -0.25) is 4.79 Å². The monoisotopic (exact) mass is 257 g/mol. The number of hydrogen-bond acceptors (Lipinski definition) is 4. The van der Waals surface area contributed by atoms with Gasteiger partial charge in [-0.2, -0.15) is 0 Å². The normalized spacial score (nSPS) is 15.9. The predicted octanol–water partition coefficient (Wildman–Crippen LogP) is 1.68. The average molecular weight is 258 g/mol. The molecule has 17 heavy (non-hydrogen) atoms. The van der Waals surface area contributed by atoms with Crippen molar-refractivity contribution in [1.82, 2.24) is 0 Å². The van der Waals surface area contributed by atoms with Gasteiger partial charge < -0.3 is 20.3 Å². The molecule has 2 rings (SSSR count). The van der Waals surface area contributed by atoms with Crippen LogP contribution >= 0.6 is 11.6 Å². The molecule has 1 aromatic rings. The number of carboxylic acid groups (broad SMARTS) is 1. The van der Waals surface area contributed by atoms with Crippen LogP contribution < -0.4 is 10.5 Å². The van der Waals surface area contributed by atoms with Crippen molar-refractivity contribution in [2.45, 2.75) is 19.1 Å². The molecular formula is C11H12ClNO4. The van der Waals surface area contributed by atoms with E-state index >= 15 is 0 Å². The van der Waals surface area contributed by atoms with Crippen LogP contribution in [0.2, 0.25) is 5.02 Å². The number of hydrogen-bond donors (Lipinski definition) is 2. The quantitative estimate of drug-likeness (QED) is 0.861. The lowest BCUT2D eigenvalue weighted by Gasteiger charge is -2.23. The van der Waals surface area contributed by atoms with E-state index in [4.69, 9.17) is 31.9 Å². The Labute approximate surface area is 103 Å². The highest BCUT2D eigenvalue weighted by Gasteiger charge is 2.21. The summed E-state index contributed by atoms with van der Waals surface area (Å²) in [5.41, 5.74) is 7.23. The lowest BCUT2D eigenvalue weighted by atomic mass is 10.00. The number of halogens is 1. The third-order valence-electron chi connectivity index (χ3n) is 2.50. The molecule has 1 atom stereocenters. The molecule has 0 aliphatic carbocycles. The lowest BCUT2D eigenvalue weighted by Crippen LogP contribution is -2.19. The summed E-state index contributed by atoms with van der Waals surface area (Å²) in [6, 6.07) is 2.73. The number of rotatable bonds is 3. The Morgan fingerprint density at radius 2 is 2.35 bits per heavy atom. The van der Waals surface area contributed by atoms with Crippen LogP contribution in [0.1, 0.15) is 23.6 Å². The molecule has 5 nitrogen and oxygen atoms in total. The number of ether oxygens (including phenoxy) is 2. The van der Waals surface area contributed by atoms with E-state index in [1.54, 1.807) is 12.1 Å². The number of nitrogens with two attached hydrogens (primary N) is 1. The van der Waals surface area contributed by atoms with E-state index in [2.05, 4.69) is 0 Å². The zero-order valence-corrected chi connectivity index (χ0v) is 9.74. The smallest absolute Gasteiger partial charge is 0.305 e. The number of benzene rings is 1. The van der Waals surface area contributed by atoms with Gasteiger partial charge in [-0.05, 0) is 12.1 Å². The summed E-state index contributed by atoms with van der Waals surface area (Å²) in [5.74, 6) is -0.368. The van der Waals surface area contributed by atoms with Gasteiger partial charge in [0, 0.05) is 22.2 Å². The molecule has 0 spiro atoms. The molecule has 0 fully saturated rings. The van der Waals surface area contributed by atoms with E-state index in [0.717, 1.165) is 5.56 Å². The Bertz CT molecular complexity index is 449. The van der Waals surface area contributed by atoms with Crippen LogP contribution in [0.15, 0.2) is 12.1 Å². The SMILES string of the molecule is NC(CC(=O)O)c1cc(Cl)cc2c1OCOC2. The van der Waals surface area contributed by atoms with Crippen molar-refractivity contribution in [3.05, 3.63) is 28.3 Å². The summed E-state index contributed by atoms with van der Waals surface area (Å²) in [4.78, 5) is 10.7. The Kier molecular flexibility index (Phi) is 3.51. The Hall–Kier alpha value is -1.30. The highest BCUT2D eigenvalue weighted by Crippen LogP contribution is 2.35. The molecule has 0 saturated heterocycles. The highest BCUT2D eigenvalue weighted by molar-refractivity contribution is 6.30. The topological polar surface area (TPSA) is 81.8 Å². The van der Waals surface area contributed by atoms with Gasteiger partial charge in [0.25, 0.3) is 0 Å². The zero-order chi connectivity index (χ0) is 12.4. The summed E-state index contributed by atoms with van der Waals surface area (Å²) in [5, 5.41) is 9.23. The van der Waals surface area contributed by atoms with Crippen LogP contribution in [0.4, 0.5) is 0 Å². The maximum atomic E-state index is 10.7. The maximum absolute atomic E-state index is 10.7. The molecule has 0 bridgehead atoms. The van der Waals surface area contributed by atoms with Gasteiger partial charge in [0.05, 0.1) is 13.0 Å². The van der Waals surface area contributed by atoms with Crippen molar-refractivity contribution >= 4 is 17.6 Å². The third-order valence-corrected chi connectivity index (χ3v) is 2.72. The zero-order valence-electron chi connectivity index (χ0n) is 8.98. The van der Waals surface area contributed by atoms with Crippen molar-refractivity contribution in [3.8, 4) is 5.75 Å². The van der Waals surface area contributed by atoms with Gasteiger partial charge >= 0.3 is 5.97 Å². The fourth-order valence-electron chi connectivity index (χ4n) is 1.78. The molecular weight excluding hydrogens is 246 g/mol. The van der Waals surface area contributed by atoms with Gasteiger partial charge in [-0.1, -0.05) is 11.6 Å². The lowest BCUT2D eigenvalue weighted by molar-refractivity contribution is -0.137. The predicted molar refractivity (Wildman–Crippen MR) is 60.9 cm³/mol. The van der Waals surface area contributed by atoms with E-state index in [9.17, 15) is 4.79 Å². The molecule has 6 heteroatoms. The summed E-state index contributed by atoms with van der Waals surface area (Å²) < 4.78 is 10.5. The molecule has 0 amide bonds. The second kappa shape index (κ2) is 4.91. The Morgan fingerprint density at radius 3 is 3.06 bits per heavy atom. The van der Waals surface area contributed by atoms with Crippen molar-refractivity contribution in [2.75, 3.05) is 6.79 Å². The molecule has 1 aliphatic rings. The maximum Gasteiger partial charge on any atom is 0.305 e. The van der Waals surface area contributed by atoms with Crippen LogP contribution in [0.25, 0.3) is 0 Å². The van der Waals surface area contributed by atoms with E-state index in [1.807, 2.05) is 0 Å². The second-order valence-electron chi connectivity index (χ2n) is 3.80. The van der Waals surface area contributed by atoms with E-state index in [1.165, 1.54) is 0 Å². The first-order valence-electron chi connectivity index (χ1n) is 5.08. The first-order chi connectivity index (χ1) is 8.08. The van der Waals surface area contributed by atoms with E-state index < -0.39 is 12.0 Å². The van der Waals surface area contributed by atoms with Crippen LogP contribution in [0.3, 0.4) is 0 Å². The van der Waals surface area contributed by atoms with E-state index in [-0.39, 0.29) is 13.2 Å². The minimum Gasteiger partial charge on any atom is -0.481 e. The van der Waals surface area contributed by atoms with Gasteiger partial charge in [0.15, 0.2) is 6.79 Å². The third kappa shape index (κ3) is 2.69. The fourth-order valence-corrected chi connectivity index (χ4v) is 2.03. The van der Waals surface area contributed by atoms with Crippen molar-refractivity contribution in [3.63, 3.8) is 0 Å². The Balaban J connectivity index is 2.38. The van der Waals surface area contributed by atoms with Crippen molar-refractivity contribution in [2.24, 2.45) is 5.73 Å². The molecule has 1 aliphatic heterocycles. The molecule has 3 N–H and O–H groups in total. The van der Waals surface area contributed by atoms with Crippen molar-refractivity contribution < 1.29 is 19.4 Å². The summed E-state index contributed by atoms with van der Waals surface area (Å²) in [7, 11) is 0. The summed E-state index contributed by atoms with van der Waals surface area (Å²) in [6.07, 6.45) is -0.170. The highest BCUT2D eigenvalue weighted by atomic mass is 35.5. The molecule has 0 radical (unpaired) electrons. The van der Waals surface area contributed by atoms with Crippen molar-refractivity contribution in [1.29, 1.82) is 0 Å². The standard InChI is InChI=1S/C11H12ClNO4/c12-7-1-6-4-16-5-17-11(6)8(2-7)9(13)3-10(14)15/h1-2,9H,3-5,13H2,(H,14,15). The first-order valence-corrected chi connectivity index (χ1v) is 5.46. The average Bonchev–Trinajstić information content (AvgIpc) is 2.26. The Morgan fingerprint density at radius 1 is 1.59 bits per heavy atom. The number of aliphatic carboxylic acids is 1. The van der Waals surface area contributed by atoms with Gasteiger partial charge in [0.2, 0.25) is 0 Å². The molecule has 0 saturated carbocycles. The minimum atomic E-state index is -0.960. The number of carboxylic acids is 1.